The summed E-state index contributed by atoms with van der Waals surface area (Å²) in [5, 5.41) is 16.7. The van der Waals surface area contributed by atoms with E-state index in [0.717, 1.165) is 33.2 Å². The van der Waals surface area contributed by atoms with Gasteiger partial charge in [0.05, 0.1) is 0 Å². The van der Waals surface area contributed by atoms with Crippen LogP contribution in [0, 0.1) is 20.8 Å². The Hall–Kier alpha value is -4.40. The zero-order valence-corrected chi connectivity index (χ0v) is 23.7. The van der Waals surface area contributed by atoms with Gasteiger partial charge in [0.15, 0.2) is 0 Å². The standard InChI is InChI=1S/C32H36N2O7/c1-19-21(3)40-27-18-28-25(17-24(19)27)20(2)23(32(39)41-28)13-14-29(35)33-15-9-5-8-12-30(36)34-26(31(37)38)16-22-10-6-4-7-11-22/h4,6-7,10-11,17-18,26H,5,8-9,12-16H2,1-3H3,(H,33,35)(H,34,36)(H,37,38). The molecule has 1 unspecified atom stereocenters. The Morgan fingerprint density at radius 2 is 1.56 bits per heavy atom. The van der Waals surface area contributed by atoms with Crippen molar-refractivity contribution in [3.63, 3.8) is 0 Å². The predicted octanol–water partition coefficient (Wildman–Crippen LogP) is 4.89. The summed E-state index contributed by atoms with van der Waals surface area (Å²) >= 11 is 0. The Balaban J connectivity index is 1.19. The van der Waals surface area contributed by atoms with Crippen LogP contribution in [0.4, 0.5) is 0 Å². The minimum absolute atomic E-state index is 0.156. The van der Waals surface area contributed by atoms with Crippen molar-refractivity contribution < 1.29 is 28.3 Å². The lowest BCUT2D eigenvalue weighted by molar-refractivity contribution is -0.141. The zero-order valence-electron chi connectivity index (χ0n) is 23.7. The quantitative estimate of drug-likeness (QED) is 0.156. The maximum atomic E-state index is 12.7. The molecule has 0 spiro atoms. The van der Waals surface area contributed by atoms with Crippen LogP contribution in [0.2, 0.25) is 0 Å². The van der Waals surface area contributed by atoms with Crippen LogP contribution in [0.5, 0.6) is 0 Å². The van der Waals surface area contributed by atoms with Gasteiger partial charge in [-0.1, -0.05) is 36.8 Å². The van der Waals surface area contributed by atoms with Gasteiger partial charge in [0, 0.05) is 48.2 Å². The second kappa shape index (κ2) is 13.3. The number of rotatable bonds is 13. The molecule has 0 aliphatic carbocycles. The molecule has 0 saturated carbocycles. The second-order valence-corrected chi connectivity index (χ2v) is 10.4. The third-order valence-electron chi connectivity index (χ3n) is 7.50. The number of carboxylic acid groups (broad SMARTS) is 1. The fraction of sp³-hybridized carbons (Fsp3) is 0.375. The van der Waals surface area contributed by atoms with Crippen LogP contribution in [0.3, 0.4) is 0 Å². The first-order valence-electron chi connectivity index (χ1n) is 13.9. The first-order chi connectivity index (χ1) is 19.6. The van der Waals surface area contributed by atoms with E-state index in [9.17, 15) is 24.3 Å². The zero-order chi connectivity index (χ0) is 29.5. The van der Waals surface area contributed by atoms with Crippen molar-refractivity contribution in [3.05, 3.63) is 80.9 Å². The van der Waals surface area contributed by atoms with Crippen LogP contribution in [-0.4, -0.2) is 35.5 Å². The van der Waals surface area contributed by atoms with E-state index in [2.05, 4.69) is 10.6 Å². The lowest BCUT2D eigenvalue weighted by Gasteiger charge is -2.14. The van der Waals surface area contributed by atoms with Gasteiger partial charge in [-0.3, -0.25) is 9.59 Å². The van der Waals surface area contributed by atoms with Gasteiger partial charge >= 0.3 is 11.6 Å². The molecule has 216 valence electrons. The van der Waals surface area contributed by atoms with E-state index in [1.807, 2.05) is 57.2 Å². The molecule has 2 aromatic heterocycles. The normalized spacial score (nSPS) is 12.0. The molecule has 9 nitrogen and oxygen atoms in total. The summed E-state index contributed by atoms with van der Waals surface area (Å²) in [6, 6.07) is 11.9. The number of carbonyl (C=O) groups is 3. The van der Waals surface area contributed by atoms with E-state index in [4.69, 9.17) is 8.83 Å². The number of aryl methyl sites for hydroxylation is 3. The highest BCUT2D eigenvalue weighted by molar-refractivity contribution is 5.96. The molecule has 0 aliphatic rings. The van der Waals surface area contributed by atoms with Gasteiger partial charge in [0.2, 0.25) is 11.8 Å². The maximum Gasteiger partial charge on any atom is 0.339 e. The fourth-order valence-corrected chi connectivity index (χ4v) is 4.97. The number of hydrogen-bond acceptors (Lipinski definition) is 6. The van der Waals surface area contributed by atoms with Gasteiger partial charge in [-0.05, 0) is 62.8 Å². The number of carbonyl (C=O) groups excluding carboxylic acids is 2. The molecule has 3 N–H and O–H groups in total. The smallest absolute Gasteiger partial charge is 0.339 e. The van der Waals surface area contributed by atoms with Crippen molar-refractivity contribution in [2.75, 3.05) is 6.54 Å². The summed E-state index contributed by atoms with van der Waals surface area (Å²) in [7, 11) is 0. The Morgan fingerprint density at radius 1 is 0.854 bits per heavy atom. The van der Waals surface area contributed by atoms with E-state index < -0.39 is 17.6 Å². The monoisotopic (exact) mass is 560 g/mol. The van der Waals surface area contributed by atoms with Crippen LogP contribution >= 0.6 is 0 Å². The van der Waals surface area contributed by atoms with Crippen molar-refractivity contribution in [1.29, 1.82) is 0 Å². The van der Waals surface area contributed by atoms with Gasteiger partial charge in [0.25, 0.3) is 0 Å². The molecular formula is C32H36N2O7. The fourth-order valence-electron chi connectivity index (χ4n) is 4.97. The number of aliphatic carboxylic acids is 1. The summed E-state index contributed by atoms with van der Waals surface area (Å²) in [5.41, 5.74) is 3.86. The number of amides is 2. The minimum Gasteiger partial charge on any atom is -0.480 e. The van der Waals surface area contributed by atoms with Crippen molar-refractivity contribution in [1.82, 2.24) is 10.6 Å². The topological polar surface area (TPSA) is 139 Å². The van der Waals surface area contributed by atoms with Gasteiger partial charge in [-0.25, -0.2) is 9.59 Å². The second-order valence-electron chi connectivity index (χ2n) is 10.4. The highest BCUT2D eigenvalue weighted by atomic mass is 16.4. The Morgan fingerprint density at radius 3 is 2.29 bits per heavy atom. The van der Waals surface area contributed by atoms with Crippen LogP contribution in [0.25, 0.3) is 21.9 Å². The molecule has 4 rings (SSSR count). The molecular weight excluding hydrogens is 524 g/mol. The predicted molar refractivity (Wildman–Crippen MR) is 156 cm³/mol. The summed E-state index contributed by atoms with van der Waals surface area (Å²) in [5.74, 6) is -0.715. The number of furan rings is 1. The third kappa shape index (κ3) is 7.42. The van der Waals surface area contributed by atoms with Crippen LogP contribution < -0.4 is 16.3 Å². The third-order valence-corrected chi connectivity index (χ3v) is 7.50. The number of nitrogens with one attached hydrogen (secondary N) is 2. The lowest BCUT2D eigenvalue weighted by Crippen LogP contribution is -2.42. The molecule has 9 heteroatoms. The van der Waals surface area contributed by atoms with E-state index in [-0.39, 0.29) is 37.5 Å². The number of benzene rings is 2. The van der Waals surface area contributed by atoms with Crippen molar-refractivity contribution in [2.45, 2.75) is 71.8 Å². The SMILES string of the molecule is Cc1oc2cc3oc(=O)c(CCC(=O)NCCCCCC(=O)NC(Cc4ccccc4)C(=O)O)c(C)c3cc2c1C. The molecule has 2 heterocycles. The highest BCUT2D eigenvalue weighted by Crippen LogP contribution is 2.31. The summed E-state index contributed by atoms with van der Waals surface area (Å²) in [4.78, 5) is 48.9. The Kier molecular flexibility index (Phi) is 9.60. The first kappa shape index (κ1) is 29.6. The molecule has 0 bridgehead atoms. The Labute approximate surface area is 237 Å². The average Bonchev–Trinajstić information content (AvgIpc) is 3.21. The molecule has 0 fully saturated rings. The molecule has 4 aromatic rings. The number of unbranched alkanes of at least 4 members (excludes halogenated alkanes) is 2. The van der Waals surface area contributed by atoms with Crippen LogP contribution in [0.15, 0.2) is 56.1 Å². The summed E-state index contributed by atoms with van der Waals surface area (Å²) < 4.78 is 11.3. The molecule has 0 radical (unpaired) electrons. The van der Waals surface area contributed by atoms with Gasteiger partial charge < -0.3 is 24.6 Å². The van der Waals surface area contributed by atoms with Crippen LogP contribution in [-0.2, 0) is 27.2 Å². The van der Waals surface area contributed by atoms with E-state index in [1.54, 1.807) is 6.07 Å². The number of fused-ring (bicyclic) bond motifs is 2. The number of carboxylic acids is 1. The molecule has 41 heavy (non-hydrogen) atoms. The highest BCUT2D eigenvalue weighted by Gasteiger charge is 2.20. The van der Waals surface area contributed by atoms with Crippen molar-refractivity contribution >= 4 is 39.7 Å². The van der Waals surface area contributed by atoms with Crippen molar-refractivity contribution in [3.8, 4) is 0 Å². The molecule has 0 aliphatic heterocycles. The summed E-state index contributed by atoms with van der Waals surface area (Å²) in [6.45, 7) is 6.21. The van der Waals surface area contributed by atoms with Gasteiger partial charge in [-0.15, -0.1) is 0 Å². The summed E-state index contributed by atoms with van der Waals surface area (Å²) in [6.07, 6.45) is 2.84. The van der Waals surface area contributed by atoms with E-state index >= 15 is 0 Å². The van der Waals surface area contributed by atoms with E-state index in [1.165, 1.54) is 0 Å². The lowest BCUT2D eigenvalue weighted by atomic mass is 10.0. The van der Waals surface area contributed by atoms with Gasteiger partial charge in [-0.2, -0.15) is 0 Å². The van der Waals surface area contributed by atoms with Gasteiger partial charge in [0.1, 0.15) is 23.0 Å². The molecule has 0 saturated heterocycles. The maximum absolute atomic E-state index is 12.7. The number of hydrogen-bond donors (Lipinski definition) is 3. The van der Waals surface area contributed by atoms with Crippen LogP contribution in [0.1, 0.15) is 60.1 Å². The molecule has 1 atom stereocenters. The Bertz CT molecular complexity index is 1620. The first-order valence-corrected chi connectivity index (χ1v) is 13.9. The largest absolute Gasteiger partial charge is 0.480 e. The average molecular weight is 561 g/mol. The molecule has 2 aromatic carbocycles. The minimum atomic E-state index is -1.07. The molecule has 2 amide bonds. The van der Waals surface area contributed by atoms with E-state index in [0.29, 0.717) is 42.5 Å². The van der Waals surface area contributed by atoms with Crippen molar-refractivity contribution in [2.24, 2.45) is 0 Å².